The van der Waals surface area contributed by atoms with Gasteiger partial charge in [-0.1, -0.05) is 30.7 Å². The number of allylic oxidation sites excluding steroid dienone is 1. The molecule has 0 aliphatic heterocycles. The summed E-state index contributed by atoms with van der Waals surface area (Å²) in [5.74, 6) is 0.900. The second-order valence-electron chi connectivity index (χ2n) is 4.06. The molecule has 0 atom stereocenters. The lowest BCUT2D eigenvalue weighted by Crippen LogP contribution is -2.06. The Kier molecular flexibility index (Phi) is 3.62. The fourth-order valence-corrected chi connectivity index (χ4v) is 2.10. The molecule has 2 nitrogen and oxygen atoms in total. The molecular formula is C14H18O2. The Morgan fingerprint density at radius 1 is 1.31 bits per heavy atom. The van der Waals surface area contributed by atoms with Crippen molar-refractivity contribution in [3.63, 3.8) is 0 Å². The number of hydrogen-bond donors (Lipinski definition) is 1. The van der Waals surface area contributed by atoms with Crippen LogP contribution in [0, 0.1) is 0 Å². The minimum atomic E-state index is 0.0635. The van der Waals surface area contributed by atoms with Crippen LogP contribution in [0.2, 0.25) is 0 Å². The zero-order chi connectivity index (χ0) is 11.4. The Hall–Kier alpha value is -1.28. The topological polar surface area (TPSA) is 29.5 Å². The van der Waals surface area contributed by atoms with Crippen LogP contribution < -0.4 is 4.74 Å². The molecule has 1 N–H and O–H groups in total. The Balaban J connectivity index is 2.31. The maximum Gasteiger partial charge on any atom is 0.126 e. The normalized spacial score (nSPS) is 14.2. The highest BCUT2D eigenvalue weighted by Gasteiger charge is 2.13. The van der Waals surface area contributed by atoms with Crippen LogP contribution in [0.1, 0.15) is 30.9 Å². The highest BCUT2D eigenvalue weighted by atomic mass is 16.5. The predicted molar refractivity (Wildman–Crippen MR) is 65.6 cm³/mol. The Labute approximate surface area is 96.6 Å². The molecule has 1 aliphatic carbocycles. The van der Waals surface area contributed by atoms with Gasteiger partial charge in [-0.3, -0.25) is 0 Å². The summed E-state index contributed by atoms with van der Waals surface area (Å²) in [6, 6.07) is 6.16. The first-order valence-electron chi connectivity index (χ1n) is 5.90. The third-order valence-electron chi connectivity index (χ3n) is 3.02. The Morgan fingerprint density at radius 3 is 2.94 bits per heavy atom. The van der Waals surface area contributed by atoms with Crippen molar-refractivity contribution in [2.24, 2.45) is 0 Å². The zero-order valence-electron chi connectivity index (χ0n) is 9.70. The third-order valence-corrected chi connectivity index (χ3v) is 3.02. The lowest BCUT2D eigenvalue weighted by Gasteiger charge is -2.18. The summed E-state index contributed by atoms with van der Waals surface area (Å²) in [6.45, 7) is 2.62. The quantitative estimate of drug-likeness (QED) is 0.842. The zero-order valence-corrected chi connectivity index (χ0v) is 9.70. The molecule has 2 rings (SSSR count). The van der Waals surface area contributed by atoms with Crippen molar-refractivity contribution in [3.05, 3.63) is 34.9 Å². The number of aliphatic hydroxyl groups excluding tert-OH is 1. The van der Waals surface area contributed by atoms with E-state index in [1.807, 2.05) is 12.1 Å². The van der Waals surface area contributed by atoms with E-state index in [0.29, 0.717) is 6.61 Å². The minimum Gasteiger partial charge on any atom is -0.491 e. The van der Waals surface area contributed by atoms with Crippen molar-refractivity contribution in [1.82, 2.24) is 0 Å². The first-order valence-corrected chi connectivity index (χ1v) is 5.90. The van der Waals surface area contributed by atoms with Gasteiger partial charge in [-0.15, -0.1) is 0 Å². The van der Waals surface area contributed by atoms with Crippen molar-refractivity contribution in [3.8, 4) is 5.75 Å². The van der Waals surface area contributed by atoms with Crippen LogP contribution in [0.15, 0.2) is 23.8 Å². The summed E-state index contributed by atoms with van der Waals surface area (Å²) in [4.78, 5) is 0. The predicted octanol–water partition coefficient (Wildman–Crippen LogP) is 2.80. The molecule has 16 heavy (non-hydrogen) atoms. The number of rotatable bonds is 4. The lowest BCUT2D eigenvalue weighted by atomic mass is 9.90. The van der Waals surface area contributed by atoms with Crippen LogP contribution in [-0.2, 0) is 6.42 Å². The average molecular weight is 218 g/mol. The average Bonchev–Trinajstić information content (AvgIpc) is 2.35. The molecule has 0 unspecified atom stereocenters. The highest BCUT2D eigenvalue weighted by Crippen LogP contribution is 2.32. The Bertz CT molecular complexity index is 394. The fraction of sp³-hybridized carbons (Fsp3) is 0.429. The largest absolute Gasteiger partial charge is 0.491 e. The van der Waals surface area contributed by atoms with Crippen LogP contribution in [-0.4, -0.2) is 18.3 Å². The number of ether oxygens (including phenoxy) is 1. The molecule has 86 valence electrons. The van der Waals surface area contributed by atoms with Crippen LogP contribution >= 0.6 is 0 Å². The Morgan fingerprint density at radius 2 is 2.19 bits per heavy atom. The smallest absolute Gasteiger partial charge is 0.126 e. The maximum atomic E-state index is 8.79. The molecule has 0 radical (unpaired) electrons. The molecule has 0 bridgehead atoms. The second-order valence-corrected chi connectivity index (χ2v) is 4.06. The van der Waals surface area contributed by atoms with Gasteiger partial charge in [0.15, 0.2) is 0 Å². The van der Waals surface area contributed by atoms with Crippen LogP contribution in [0.25, 0.3) is 6.08 Å². The molecule has 2 heteroatoms. The van der Waals surface area contributed by atoms with Gasteiger partial charge in [-0.2, -0.15) is 0 Å². The number of benzene rings is 1. The van der Waals surface area contributed by atoms with E-state index in [1.54, 1.807) is 0 Å². The van der Waals surface area contributed by atoms with Gasteiger partial charge in [0.05, 0.1) is 6.61 Å². The fourth-order valence-electron chi connectivity index (χ4n) is 2.10. The molecule has 1 aromatic rings. The number of hydrogen-bond acceptors (Lipinski definition) is 2. The summed E-state index contributed by atoms with van der Waals surface area (Å²) < 4.78 is 5.55. The summed E-state index contributed by atoms with van der Waals surface area (Å²) >= 11 is 0. The summed E-state index contributed by atoms with van der Waals surface area (Å²) in [5, 5.41) is 8.79. The molecule has 0 fully saturated rings. The van der Waals surface area contributed by atoms with Crippen molar-refractivity contribution in [2.75, 3.05) is 13.2 Å². The van der Waals surface area contributed by atoms with Crippen molar-refractivity contribution in [2.45, 2.75) is 26.2 Å². The van der Waals surface area contributed by atoms with Crippen LogP contribution in [0.5, 0.6) is 5.75 Å². The van der Waals surface area contributed by atoms with E-state index in [1.165, 1.54) is 16.7 Å². The first kappa shape index (κ1) is 11.2. The van der Waals surface area contributed by atoms with Gasteiger partial charge in [0.25, 0.3) is 0 Å². The minimum absolute atomic E-state index is 0.0635. The van der Waals surface area contributed by atoms with Gasteiger partial charge in [-0.05, 0) is 30.9 Å². The van der Waals surface area contributed by atoms with Gasteiger partial charge in [0, 0.05) is 5.56 Å². The second kappa shape index (κ2) is 5.17. The standard InChI is InChI=1S/C14H18O2/c1-2-11-6-7-12-4-3-5-14(13(12)10-11)16-9-8-15/h3-5,10,15H,2,6-9H2,1H3. The molecule has 0 heterocycles. The number of aryl methyl sites for hydroxylation is 1. The lowest BCUT2D eigenvalue weighted by molar-refractivity contribution is 0.201. The third kappa shape index (κ3) is 2.27. The van der Waals surface area contributed by atoms with Gasteiger partial charge in [0.1, 0.15) is 12.4 Å². The molecule has 0 aromatic heterocycles. The van der Waals surface area contributed by atoms with Crippen molar-refractivity contribution < 1.29 is 9.84 Å². The van der Waals surface area contributed by atoms with Crippen molar-refractivity contribution in [1.29, 1.82) is 0 Å². The molecule has 0 amide bonds. The van der Waals surface area contributed by atoms with E-state index < -0.39 is 0 Å². The SMILES string of the molecule is CCC1=Cc2c(cccc2OCCO)CC1. The monoisotopic (exact) mass is 218 g/mol. The van der Waals surface area contributed by atoms with E-state index in [2.05, 4.69) is 19.1 Å². The van der Waals surface area contributed by atoms with Gasteiger partial charge in [-0.25, -0.2) is 0 Å². The van der Waals surface area contributed by atoms with Crippen LogP contribution in [0.3, 0.4) is 0 Å². The van der Waals surface area contributed by atoms with E-state index in [9.17, 15) is 0 Å². The molecular weight excluding hydrogens is 200 g/mol. The first-order chi connectivity index (χ1) is 7.85. The molecule has 0 saturated carbocycles. The molecule has 0 spiro atoms. The number of aliphatic hydroxyl groups is 1. The van der Waals surface area contributed by atoms with Crippen molar-refractivity contribution >= 4 is 6.08 Å². The highest BCUT2D eigenvalue weighted by molar-refractivity contribution is 5.65. The van der Waals surface area contributed by atoms with E-state index >= 15 is 0 Å². The van der Waals surface area contributed by atoms with Gasteiger partial charge >= 0.3 is 0 Å². The summed E-state index contributed by atoms with van der Waals surface area (Å²) in [7, 11) is 0. The molecule has 1 aromatic carbocycles. The van der Waals surface area contributed by atoms with E-state index in [0.717, 1.165) is 25.0 Å². The maximum absolute atomic E-state index is 8.79. The van der Waals surface area contributed by atoms with E-state index in [4.69, 9.17) is 9.84 Å². The van der Waals surface area contributed by atoms with E-state index in [-0.39, 0.29) is 6.61 Å². The summed E-state index contributed by atoms with van der Waals surface area (Å²) in [5.41, 5.74) is 4.04. The van der Waals surface area contributed by atoms with Gasteiger partial charge in [0.2, 0.25) is 0 Å². The number of fused-ring (bicyclic) bond motifs is 1. The summed E-state index contributed by atoms with van der Waals surface area (Å²) in [6.07, 6.45) is 5.61. The molecule has 1 aliphatic rings. The molecule has 0 saturated heterocycles. The van der Waals surface area contributed by atoms with Gasteiger partial charge < -0.3 is 9.84 Å². The van der Waals surface area contributed by atoms with Crippen LogP contribution in [0.4, 0.5) is 0 Å².